The molecule has 0 fully saturated rings. The molecule has 6 heteroatoms. The number of amides is 1. The van der Waals surface area contributed by atoms with Crippen LogP contribution in [0.4, 0.5) is 0 Å². The molecule has 29 heavy (non-hydrogen) atoms. The lowest BCUT2D eigenvalue weighted by Gasteiger charge is -2.16. The van der Waals surface area contributed by atoms with Gasteiger partial charge in [-0.1, -0.05) is 18.6 Å². The van der Waals surface area contributed by atoms with Crippen LogP contribution in [0.3, 0.4) is 0 Å². The summed E-state index contributed by atoms with van der Waals surface area (Å²) in [6, 6.07) is 4.91. The molecule has 0 bridgehead atoms. The SMILES string of the molecule is CCCOc1ccc(C(=O)OC(C)C(=O)NCCC2=CCCCC2)cc1OCC. The molecule has 1 unspecified atom stereocenters. The standard InChI is InChI=1S/C23H33NO5/c1-4-15-28-20-12-11-19(16-21(20)27-5-2)23(26)29-17(3)22(25)24-14-13-18-9-7-6-8-10-18/h9,11-12,16-17H,4-8,10,13-15H2,1-3H3,(H,24,25). The van der Waals surface area contributed by atoms with Gasteiger partial charge in [-0.3, -0.25) is 4.79 Å². The topological polar surface area (TPSA) is 73.9 Å². The van der Waals surface area contributed by atoms with Crippen molar-refractivity contribution >= 4 is 11.9 Å². The Morgan fingerprint density at radius 1 is 1.14 bits per heavy atom. The van der Waals surface area contributed by atoms with Gasteiger partial charge < -0.3 is 19.5 Å². The number of benzene rings is 1. The Balaban J connectivity index is 1.87. The number of esters is 1. The molecular weight excluding hydrogens is 370 g/mol. The van der Waals surface area contributed by atoms with Gasteiger partial charge in [0.15, 0.2) is 17.6 Å². The zero-order valence-electron chi connectivity index (χ0n) is 17.8. The van der Waals surface area contributed by atoms with Crippen molar-refractivity contribution in [2.24, 2.45) is 0 Å². The summed E-state index contributed by atoms with van der Waals surface area (Å²) >= 11 is 0. The highest BCUT2D eigenvalue weighted by atomic mass is 16.5. The highest BCUT2D eigenvalue weighted by molar-refractivity contribution is 5.92. The first-order valence-corrected chi connectivity index (χ1v) is 10.6. The predicted octanol–water partition coefficient (Wildman–Crippen LogP) is 4.43. The Kier molecular flexibility index (Phi) is 9.54. The third kappa shape index (κ3) is 7.44. The number of carbonyl (C=O) groups excluding carboxylic acids is 2. The van der Waals surface area contributed by atoms with Crippen LogP contribution < -0.4 is 14.8 Å². The number of hydrogen-bond acceptors (Lipinski definition) is 5. The molecule has 1 N–H and O–H groups in total. The maximum atomic E-state index is 12.5. The minimum Gasteiger partial charge on any atom is -0.490 e. The summed E-state index contributed by atoms with van der Waals surface area (Å²) in [5.41, 5.74) is 1.72. The van der Waals surface area contributed by atoms with E-state index in [0.29, 0.717) is 36.8 Å². The Labute approximate surface area is 173 Å². The van der Waals surface area contributed by atoms with Gasteiger partial charge in [-0.2, -0.15) is 0 Å². The van der Waals surface area contributed by atoms with Gasteiger partial charge in [0.25, 0.3) is 5.91 Å². The smallest absolute Gasteiger partial charge is 0.339 e. The molecule has 0 aliphatic heterocycles. The summed E-state index contributed by atoms with van der Waals surface area (Å²) in [5, 5.41) is 2.85. The summed E-state index contributed by atoms with van der Waals surface area (Å²) in [5.74, 6) is 0.231. The molecule has 1 aliphatic rings. The van der Waals surface area contributed by atoms with Gasteiger partial charge in [-0.15, -0.1) is 0 Å². The second kappa shape index (κ2) is 12.1. The lowest BCUT2D eigenvalue weighted by Crippen LogP contribution is -2.36. The van der Waals surface area contributed by atoms with Crippen LogP contribution in [0, 0.1) is 0 Å². The molecule has 0 radical (unpaired) electrons. The number of ether oxygens (including phenoxy) is 3. The Morgan fingerprint density at radius 3 is 2.66 bits per heavy atom. The van der Waals surface area contributed by atoms with Crippen molar-refractivity contribution in [2.75, 3.05) is 19.8 Å². The van der Waals surface area contributed by atoms with Crippen LogP contribution in [0.15, 0.2) is 29.8 Å². The highest BCUT2D eigenvalue weighted by Crippen LogP contribution is 2.29. The summed E-state index contributed by atoms with van der Waals surface area (Å²) in [7, 11) is 0. The first kappa shape index (κ1) is 22.8. The van der Waals surface area contributed by atoms with E-state index < -0.39 is 12.1 Å². The normalized spacial score (nSPS) is 14.5. The molecule has 0 saturated heterocycles. The zero-order valence-corrected chi connectivity index (χ0v) is 17.8. The van der Waals surface area contributed by atoms with Crippen molar-refractivity contribution in [3.8, 4) is 11.5 Å². The summed E-state index contributed by atoms with van der Waals surface area (Å²) in [6.45, 7) is 7.04. The van der Waals surface area contributed by atoms with Crippen molar-refractivity contribution in [1.82, 2.24) is 5.32 Å². The Hall–Kier alpha value is -2.50. The average Bonchev–Trinajstić information content (AvgIpc) is 2.73. The van der Waals surface area contributed by atoms with E-state index in [4.69, 9.17) is 14.2 Å². The van der Waals surface area contributed by atoms with E-state index in [-0.39, 0.29) is 5.91 Å². The molecule has 0 saturated carbocycles. The van der Waals surface area contributed by atoms with Crippen LogP contribution in [0.1, 0.15) is 69.7 Å². The maximum Gasteiger partial charge on any atom is 0.339 e. The number of rotatable bonds is 11. The van der Waals surface area contributed by atoms with Gasteiger partial charge in [-0.05, 0) is 70.6 Å². The van der Waals surface area contributed by atoms with Crippen LogP contribution in [-0.2, 0) is 9.53 Å². The lowest BCUT2D eigenvalue weighted by molar-refractivity contribution is -0.129. The lowest BCUT2D eigenvalue weighted by atomic mass is 9.97. The van der Waals surface area contributed by atoms with Gasteiger partial charge in [0.2, 0.25) is 0 Å². The van der Waals surface area contributed by atoms with Crippen LogP contribution >= 0.6 is 0 Å². The van der Waals surface area contributed by atoms with Crippen molar-refractivity contribution in [1.29, 1.82) is 0 Å². The molecule has 1 aromatic rings. The summed E-state index contributed by atoms with van der Waals surface area (Å²) in [6.07, 6.45) is 7.84. The maximum absolute atomic E-state index is 12.5. The summed E-state index contributed by atoms with van der Waals surface area (Å²) in [4.78, 5) is 24.7. The van der Waals surface area contributed by atoms with E-state index in [2.05, 4.69) is 11.4 Å². The molecule has 160 valence electrons. The first-order chi connectivity index (χ1) is 14.0. The number of nitrogens with one attached hydrogen (secondary N) is 1. The second-order valence-corrected chi connectivity index (χ2v) is 7.14. The first-order valence-electron chi connectivity index (χ1n) is 10.6. The second-order valence-electron chi connectivity index (χ2n) is 7.14. The third-order valence-electron chi connectivity index (χ3n) is 4.72. The molecule has 6 nitrogen and oxygen atoms in total. The van der Waals surface area contributed by atoms with Gasteiger partial charge in [0, 0.05) is 6.54 Å². The molecule has 1 atom stereocenters. The van der Waals surface area contributed by atoms with Crippen LogP contribution in [0.25, 0.3) is 0 Å². The van der Waals surface area contributed by atoms with E-state index >= 15 is 0 Å². The Morgan fingerprint density at radius 2 is 1.97 bits per heavy atom. The van der Waals surface area contributed by atoms with E-state index in [9.17, 15) is 9.59 Å². The van der Waals surface area contributed by atoms with E-state index in [1.165, 1.54) is 18.4 Å². The average molecular weight is 404 g/mol. The van der Waals surface area contributed by atoms with Gasteiger partial charge >= 0.3 is 5.97 Å². The quantitative estimate of drug-likeness (QED) is 0.437. The minimum absolute atomic E-state index is 0.289. The summed E-state index contributed by atoms with van der Waals surface area (Å²) < 4.78 is 16.5. The monoisotopic (exact) mass is 403 g/mol. The molecular formula is C23H33NO5. The van der Waals surface area contributed by atoms with Crippen molar-refractivity contribution in [2.45, 2.75) is 65.4 Å². The molecule has 1 aromatic carbocycles. The Bertz CT molecular complexity index is 713. The van der Waals surface area contributed by atoms with E-state index in [0.717, 1.165) is 25.7 Å². The number of hydrogen-bond donors (Lipinski definition) is 1. The number of carbonyl (C=O) groups is 2. The third-order valence-corrected chi connectivity index (χ3v) is 4.72. The fourth-order valence-electron chi connectivity index (χ4n) is 3.14. The predicted molar refractivity (Wildman–Crippen MR) is 112 cm³/mol. The van der Waals surface area contributed by atoms with Crippen LogP contribution in [0.2, 0.25) is 0 Å². The van der Waals surface area contributed by atoms with E-state index in [1.54, 1.807) is 25.1 Å². The fourth-order valence-corrected chi connectivity index (χ4v) is 3.14. The van der Waals surface area contributed by atoms with Gasteiger partial charge in [-0.25, -0.2) is 4.79 Å². The van der Waals surface area contributed by atoms with Crippen molar-refractivity contribution in [3.63, 3.8) is 0 Å². The molecule has 0 heterocycles. The fraction of sp³-hybridized carbons (Fsp3) is 0.565. The van der Waals surface area contributed by atoms with Gasteiger partial charge in [0.05, 0.1) is 18.8 Å². The van der Waals surface area contributed by atoms with Crippen LogP contribution in [0.5, 0.6) is 11.5 Å². The molecule has 2 rings (SSSR count). The molecule has 1 aliphatic carbocycles. The zero-order chi connectivity index (χ0) is 21.1. The van der Waals surface area contributed by atoms with Crippen molar-refractivity contribution in [3.05, 3.63) is 35.4 Å². The van der Waals surface area contributed by atoms with Gasteiger partial charge in [0.1, 0.15) is 0 Å². The van der Waals surface area contributed by atoms with Crippen molar-refractivity contribution < 1.29 is 23.8 Å². The molecule has 0 spiro atoms. The highest BCUT2D eigenvalue weighted by Gasteiger charge is 2.20. The van der Waals surface area contributed by atoms with E-state index in [1.807, 2.05) is 13.8 Å². The minimum atomic E-state index is -0.866. The van der Waals surface area contributed by atoms with Crippen LogP contribution in [-0.4, -0.2) is 37.7 Å². The largest absolute Gasteiger partial charge is 0.490 e. The number of allylic oxidation sites excluding steroid dienone is 1. The molecule has 0 aromatic heterocycles. The molecule has 1 amide bonds.